The van der Waals surface area contributed by atoms with Crippen molar-refractivity contribution in [2.45, 2.75) is 28.9 Å². The number of hydrogen-bond acceptors (Lipinski definition) is 5. The SMILES string of the molecule is CNc1cc(Sc2n[nH]c(=O)n2C2CC2)ccn1. The molecule has 0 radical (unpaired) electrons. The third-order valence-electron chi connectivity index (χ3n) is 2.78. The van der Waals surface area contributed by atoms with E-state index in [2.05, 4.69) is 20.5 Å². The molecule has 0 amide bonds. The van der Waals surface area contributed by atoms with E-state index in [1.807, 2.05) is 19.2 Å². The maximum Gasteiger partial charge on any atom is 0.344 e. The van der Waals surface area contributed by atoms with Crippen LogP contribution in [0.5, 0.6) is 0 Å². The van der Waals surface area contributed by atoms with Crippen molar-refractivity contribution in [1.82, 2.24) is 19.7 Å². The number of aromatic nitrogens is 4. The number of anilines is 1. The van der Waals surface area contributed by atoms with Crippen molar-refractivity contribution in [3.8, 4) is 0 Å². The Kier molecular flexibility index (Phi) is 2.83. The van der Waals surface area contributed by atoms with Crippen LogP contribution < -0.4 is 11.0 Å². The molecule has 0 atom stereocenters. The van der Waals surface area contributed by atoms with E-state index in [1.165, 1.54) is 11.8 Å². The van der Waals surface area contributed by atoms with Crippen LogP contribution in [0.25, 0.3) is 0 Å². The number of H-pyrrole nitrogens is 1. The largest absolute Gasteiger partial charge is 0.373 e. The van der Waals surface area contributed by atoms with Gasteiger partial charge in [-0.05, 0) is 36.7 Å². The van der Waals surface area contributed by atoms with Gasteiger partial charge in [0.2, 0.25) is 0 Å². The highest BCUT2D eigenvalue weighted by atomic mass is 32.2. The van der Waals surface area contributed by atoms with E-state index < -0.39 is 0 Å². The predicted octanol–water partition coefficient (Wildman–Crippen LogP) is 1.49. The van der Waals surface area contributed by atoms with Crippen molar-refractivity contribution in [3.05, 3.63) is 28.8 Å². The minimum atomic E-state index is -0.122. The Labute approximate surface area is 108 Å². The number of nitrogens with zero attached hydrogens (tertiary/aromatic N) is 3. The molecular weight excluding hydrogens is 250 g/mol. The van der Waals surface area contributed by atoms with Gasteiger partial charge in [-0.3, -0.25) is 4.57 Å². The average molecular weight is 263 g/mol. The first-order chi connectivity index (χ1) is 8.78. The molecule has 6 nitrogen and oxygen atoms in total. The Morgan fingerprint density at radius 3 is 3.11 bits per heavy atom. The van der Waals surface area contributed by atoms with Gasteiger partial charge in [0.25, 0.3) is 0 Å². The Morgan fingerprint density at radius 1 is 1.56 bits per heavy atom. The molecule has 0 saturated heterocycles. The highest BCUT2D eigenvalue weighted by Crippen LogP contribution is 2.37. The van der Waals surface area contributed by atoms with Crippen LogP contribution in [-0.2, 0) is 0 Å². The van der Waals surface area contributed by atoms with Crippen molar-refractivity contribution < 1.29 is 0 Å². The van der Waals surface area contributed by atoms with Gasteiger partial charge in [-0.15, -0.1) is 5.10 Å². The lowest BCUT2D eigenvalue weighted by Crippen LogP contribution is -2.15. The summed E-state index contributed by atoms with van der Waals surface area (Å²) >= 11 is 1.47. The third kappa shape index (κ3) is 2.13. The Bertz CT molecular complexity index is 616. The molecule has 0 spiro atoms. The van der Waals surface area contributed by atoms with Gasteiger partial charge in [-0.2, -0.15) is 0 Å². The Hall–Kier alpha value is -1.76. The first kappa shape index (κ1) is 11.3. The van der Waals surface area contributed by atoms with E-state index in [9.17, 15) is 4.79 Å². The monoisotopic (exact) mass is 263 g/mol. The van der Waals surface area contributed by atoms with Crippen LogP contribution in [0.15, 0.2) is 33.2 Å². The molecule has 3 rings (SSSR count). The van der Waals surface area contributed by atoms with E-state index in [0.29, 0.717) is 6.04 Å². The van der Waals surface area contributed by atoms with Crippen LogP contribution >= 0.6 is 11.8 Å². The summed E-state index contributed by atoms with van der Waals surface area (Å²) in [5, 5.41) is 10.3. The molecule has 0 aromatic carbocycles. The zero-order chi connectivity index (χ0) is 12.5. The third-order valence-corrected chi connectivity index (χ3v) is 3.74. The smallest absolute Gasteiger partial charge is 0.344 e. The topological polar surface area (TPSA) is 75.6 Å². The van der Waals surface area contributed by atoms with Crippen molar-refractivity contribution in [2.75, 3.05) is 12.4 Å². The van der Waals surface area contributed by atoms with Crippen LogP contribution in [0, 0.1) is 0 Å². The molecule has 2 aromatic rings. The summed E-state index contributed by atoms with van der Waals surface area (Å²) in [6, 6.07) is 4.16. The van der Waals surface area contributed by atoms with Crippen molar-refractivity contribution in [3.63, 3.8) is 0 Å². The van der Waals surface area contributed by atoms with Gasteiger partial charge < -0.3 is 5.32 Å². The second-order valence-corrected chi connectivity index (χ2v) is 5.18. The van der Waals surface area contributed by atoms with Crippen LogP contribution in [-0.4, -0.2) is 26.8 Å². The van der Waals surface area contributed by atoms with Crippen LogP contribution in [0.3, 0.4) is 0 Å². The number of rotatable bonds is 4. The van der Waals surface area contributed by atoms with Gasteiger partial charge in [0.1, 0.15) is 5.82 Å². The summed E-state index contributed by atoms with van der Waals surface area (Å²) < 4.78 is 1.74. The van der Waals surface area contributed by atoms with Gasteiger partial charge in [0.05, 0.1) is 0 Å². The first-order valence-corrected chi connectivity index (χ1v) is 6.58. The molecule has 1 saturated carbocycles. The maximum absolute atomic E-state index is 11.6. The van der Waals surface area contributed by atoms with Gasteiger partial charge in [0.15, 0.2) is 5.16 Å². The Morgan fingerprint density at radius 2 is 2.39 bits per heavy atom. The normalized spacial score (nSPS) is 14.7. The van der Waals surface area contributed by atoms with Crippen molar-refractivity contribution in [1.29, 1.82) is 0 Å². The second-order valence-electron chi connectivity index (χ2n) is 4.14. The molecule has 0 unspecified atom stereocenters. The highest BCUT2D eigenvalue weighted by molar-refractivity contribution is 7.99. The molecular formula is C11H13N5OS. The summed E-state index contributed by atoms with van der Waals surface area (Å²) in [4.78, 5) is 16.8. The summed E-state index contributed by atoms with van der Waals surface area (Å²) in [6.45, 7) is 0. The number of pyridine rings is 1. The zero-order valence-electron chi connectivity index (χ0n) is 9.88. The fraction of sp³-hybridized carbons (Fsp3) is 0.364. The minimum absolute atomic E-state index is 0.122. The Balaban J connectivity index is 1.89. The summed E-state index contributed by atoms with van der Waals surface area (Å²) in [7, 11) is 1.82. The molecule has 7 heteroatoms. The van der Waals surface area contributed by atoms with Gasteiger partial charge in [-0.25, -0.2) is 14.9 Å². The molecule has 1 fully saturated rings. The van der Waals surface area contributed by atoms with Crippen LogP contribution in [0.2, 0.25) is 0 Å². The molecule has 94 valence electrons. The fourth-order valence-corrected chi connectivity index (χ4v) is 2.67. The molecule has 2 N–H and O–H groups in total. The van der Waals surface area contributed by atoms with Gasteiger partial charge >= 0.3 is 5.69 Å². The number of hydrogen-bond donors (Lipinski definition) is 2. The average Bonchev–Trinajstić information content (AvgIpc) is 3.15. The fourth-order valence-electron chi connectivity index (χ4n) is 1.73. The van der Waals surface area contributed by atoms with Crippen LogP contribution in [0.1, 0.15) is 18.9 Å². The number of aromatic amines is 1. The van der Waals surface area contributed by atoms with E-state index in [1.54, 1.807) is 10.8 Å². The molecule has 2 heterocycles. The quantitative estimate of drug-likeness (QED) is 0.874. The standard InChI is InChI=1S/C11H13N5OS/c1-12-9-6-8(4-5-13-9)18-11-15-14-10(17)16(11)7-2-3-7/h4-7H,2-3H2,1H3,(H,12,13)(H,14,17). The van der Waals surface area contributed by atoms with E-state index in [-0.39, 0.29) is 5.69 Å². The molecule has 2 aromatic heterocycles. The second kappa shape index (κ2) is 4.49. The predicted molar refractivity (Wildman–Crippen MR) is 69.0 cm³/mol. The van der Waals surface area contributed by atoms with Crippen LogP contribution in [0.4, 0.5) is 5.82 Å². The first-order valence-electron chi connectivity index (χ1n) is 5.76. The summed E-state index contributed by atoms with van der Waals surface area (Å²) in [5.41, 5.74) is -0.122. The lowest BCUT2D eigenvalue weighted by atomic mass is 10.5. The minimum Gasteiger partial charge on any atom is -0.373 e. The molecule has 1 aliphatic carbocycles. The molecule has 1 aliphatic rings. The molecule has 0 bridgehead atoms. The van der Waals surface area contributed by atoms with Crippen molar-refractivity contribution in [2.24, 2.45) is 0 Å². The maximum atomic E-state index is 11.6. The molecule has 18 heavy (non-hydrogen) atoms. The van der Waals surface area contributed by atoms with E-state index in [0.717, 1.165) is 28.7 Å². The number of nitrogens with one attached hydrogen (secondary N) is 2. The summed E-state index contributed by atoms with van der Waals surface area (Å²) in [5.74, 6) is 0.802. The van der Waals surface area contributed by atoms with E-state index >= 15 is 0 Å². The van der Waals surface area contributed by atoms with Gasteiger partial charge in [0, 0.05) is 24.2 Å². The van der Waals surface area contributed by atoms with Crippen molar-refractivity contribution >= 4 is 17.6 Å². The molecule has 0 aliphatic heterocycles. The lowest BCUT2D eigenvalue weighted by molar-refractivity contribution is 0.642. The lowest BCUT2D eigenvalue weighted by Gasteiger charge is -2.04. The summed E-state index contributed by atoms with van der Waals surface area (Å²) in [6.07, 6.45) is 3.86. The highest BCUT2D eigenvalue weighted by Gasteiger charge is 2.28. The zero-order valence-corrected chi connectivity index (χ0v) is 10.7. The van der Waals surface area contributed by atoms with Gasteiger partial charge in [-0.1, -0.05) is 0 Å². The van der Waals surface area contributed by atoms with E-state index in [4.69, 9.17) is 0 Å².